The van der Waals surface area contributed by atoms with Crippen molar-refractivity contribution in [1.82, 2.24) is 5.43 Å². The van der Waals surface area contributed by atoms with E-state index in [1.807, 2.05) is 11.8 Å². The van der Waals surface area contributed by atoms with Gasteiger partial charge in [0.25, 0.3) is 0 Å². The zero-order valence-corrected chi connectivity index (χ0v) is 8.40. The van der Waals surface area contributed by atoms with Gasteiger partial charge in [0, 0.05) is 11.5 Å². The minimum atomic E-state index is -0.584. The molecule has 0 aromatic carbocycles. The number of urea groups is 1. The van der Waals surface area contributed by atoms with Crippen LogP contribution in [0.15, 0.2) is 5.10 Å². The molecule has 1 saturated heterocycles. The second-order valence-electron chi connectivity index (χ2n) is 3.02. The number of carbonyl (C=O) groups excluding carboxylic acids is 1. The van der Waals surface area contributed by atoms with Crippen LogP contribution in [0, 0.1) is 0 Å². The van der Waals surface area contributed by atoms with Gasteiger partial charge in [0.1, 0.15) is 0 Å². The van der Waals surface area contributed by atoms with Gasteiger partial charge in [-0.3, -0.25) is 0 Å². The predicted octanol–water partition coefficient (Wildman–Crippen LogP) is 1.32. The summed E-state index contributed by atoms with van der Waals surface area (Å²) in [5.41, 5.74) is 8.24. The van der Waals surface area contributed by atoms with E-state index in [0.29, 0.717) is 0 Å². The van der Waals surface area contributed by atoms with E-state index >= 15 is 0 Å². The maximum Gasteiger partial charge on any atom is 0.332 e. The van der Waals surface area contributed by atoms with Crippen LogP contribution in [0.5, 0.6) is 0 Å². The minimum Gasteiger partial charge on any atom is -0.350 e. The van der Waals surface area contributed by atoms with E-state index < -0.39 is 6.03 Å². The Labute approximate surface area is 82.3 Å². The summed E-state index contributed by atoms with van der Waals surface area (Å²) in [6.45, 7) is 0. The van der Waals surface area contributed by atoms with Gasteiger partial charge in [0.2, 0.25) is 0 Å². The van der Waals surface area contributed by atoms with Crippen LogP contribution in [-0.4, -0.2) is 23.2 Å². The van der Waals surface area contributed by atoms with Gasteiger partial charge < -0.3 is 5.73 Å². The van der Waals surface area contributed by atoms with Crippen molar-refractivity contribution in [2.24, 2.45) is 10.8 Å². The highest BCUT2D eigenvalue weighted by atomic mass is 32.2. The van der Waals surface area contributed by atoms with Crippen LogP contribution in [0.25, 0.3) is 0 Å². The molecule has 0 spiro atoms. The van der Waals surface area contributed by atoms with Gasteiger partial charge >= 0.3 is 6.03 Å². The molecule has 1 heterocycles. The van der Waals surface area contributed by atoms with E-state index in [1.165, 1.54) is 25.0 Å². The molecule has 1 aliphatic rings. The van der Waals surface area contributed by atoms with Crippen molar-refractivity contribution in [3.8, 4) is 0 Å². The van der Waals surface area contributed by atoms with Crippen molar-refractivity contribution in [3.63, 3.8) is 0 Å². The van der Waals surface area contributed by atoms with Crippen molar-refractivity contribution in [2.45, 2.75) is 25.7 Å². The first-order chi connectivity index (χ1) is 6.29. The molecule has 3 N–H and O–H groups in total. The number of nitrogens with two attached hydrogens (primary N) is 1. The number of primary amides is 1. The zero-order chi connectivity index (χ0) is 9.52. The number of hydrogen-bond donors (Lipinski definition) is 2. The van der Waals surface area contributed by atoms with E-state index in [4.69, 9.17) is 5.73 Å². The average Bonchev–Trinajstić information content (AvgIpc) is 2.01. The summed E-state index contributed by atoms with van der Waals surface area (Å²) >= 11 is 1.87. The summed E-state index contributed by atoms with van der Waals surface area (Å²) < 4.78 is 0. The molecular weight excluding hydrogens is 186 g/mol. The normalized spacial score (nSPS) is 22.0. The molecule has 0 aromatic heterocycles. The number of rotatable bonds is 1. The van der Waals surface area contributed by atoms with Crippen molar-refractivity contribution >= 4 is 23.5 Å². The molecule has 0 saturated carbocycles. The van der Waals surface area contributed by atoms with E-state index in [-0.39, 0.29) is 0 Å². The Morgan fingerprint density at radius 2 is 2.31 bits per heavy atom. The number of nitrogens with one attached hydrogen (secondary N) is 1. The Balaban J connectivity index is 2.36. The molecule has 0 aliphatic carbocycles. The number of amides is 2. The van der Waals surface area contributed by atoms with Crippen LogP contribution >= 0.6 is 11.8 Å². The first-order valence-electron chi connectivity index (χ1n) is 4.47. The van der Waals surface area contributed by atoms with Gasteiger partial charge in [-0.05, 0) is 25.0 Å². The maximum atomic E-state index is 10.4. The lowest BCUT2D eigenvalue weighted by Crippen LogP contribution is -2.26. The zero-order valence-electron chi connectivity index (χ0n) is 7.58. The molecule has 1 aliphatic heterocycles. The van der Waals surface area contributed by atoms with Crippen LogP contribution in [-0.2, 0) is 0 Å². The summed E-state index contributed by atoms with van der Waals surface area (Å²) in [6, 6.07) is -0.584. The van der Waals surface area contributed by atoms with Gasteiger partial charge in [-0.15, -0.1) is 0 Å². The van der Waals surface area contributed by atoms with Crippen LogP contribution < -0.4 is 11.2 Å². The topological polar surface area (TPSA) is 67.5 Å². The third-order valence-electron chi connectivity index (χ3n) is 1.85. The van der Waals surface area contributed by atoms with Crippen molar-refractivity contribution < 1.29 is 4.79 Å². The van der Waals surface area contributed by atoms with E-state index in [0.717, 1.165) is 17.9 Å². The summed E-state index contributed by atoms with van der Waals surface area (Å²) in [4.78, 5) is 10.4. The third-order valence-corrected chi connectivity index (χ3v) is 2.96. The Bertz CT molecular complexity index is 196. The SMILES string of the molecule is NC(=O)N/N=C1\CCCCCSC1. The molecule has 0 unspecified atom stereocenters. The van der Waals surface area contributed by atoms with Gasteiger partial charge in [-0.1, -0.05) is 6.42 Å². The smallest absolute Gasteiger partial charge is 0.332 e. The number of hydrazone groups is 1. The second kappa shape index (κ2) is 5.85. The number of hydrogen-bond acceptors (Lipinski definition) is 3. The summed E-state index contributed by atoms with van der Waals surface area (Å²) in [5, 5.41) is 3.96. The molecule has 0 atom stereocenters. The highest BCUT2D eigenvalue weighted by Gasteiger charge is 2.04. The minimum absolute atomic E-state index is 0.584. The van der Waals surface area contributed by atoms with Crippen molar-refractivity contribution in [3.05, 3.63) is 0 Å². The number of carbonyl (C=O) groups is 1. The lowest BCUT2D eigenvalue weighted by atomic mass is 10.1. The summed E-state index contributed by atoms with van der Waals surface area (Å²) in [5.74, 6) is 2.11. The lowest BCUT2D eigenvalue weighted by Gasteiger charge is -2.10. The van der Waals surface area contributed by atoms with E-state index in [2.05, 4.69) is 10.5 Å². The fourth-order valence-corrected chi connectivity index (χ4v) is 2.19. The predicted molar refractivity (Wildman–Crippen MR) is 55.9 cm³/mol. The molecule has 0 aromatic rings. The molecule has 0 bridgehead atoms. The number of nitrogens with zero attached hydrogens (tertiary/aromatic N) is 1. The highest BCUT2D eigenvalue weighted by Crippen LogP contribution is 2.14. The van der Waals surface area contributed by atoms with Gasteiger partial charge in [-0.25, -0.2) is 10.2 Å². The Morgan fingerprint density at radius 1 is 1.46 bits per heavy atom. The molecule has 1 fully saturated rings. The molecular formula is C8H15N3OS. The average molecular weight is 201 g/mol. The number of thioether (sulfide) groups is 1. The van der Waals surface area contributed by atoms with Crippen molar-refractivity contribution in [2.75, 3.05) is 11.5 Å². The van der Waals surface area contributed by atoms with Gasteiger partial charge in [0.05, 0.1) is 0 Å². The first kappa shape index (κ1) is 10.4. The lowest BCUT2D eigenvalue weighted by molar-refractivity contribution is 0.249. The largest absolute Gasteiger partial charge is 0.350 e. The maximum absolute atomic E-state index is 10.4. The highest BCUT2D eigenvalue weighted by molar-refractivity contribution is 7.99. The fourth-order valence-electron chi connectivity index (χ4n) is 1.19. The summed E-state index contributed by atoms with van der Waals surface area (Å²) in [6.07, 6.45) is 4.69. The molecule has 13 heavy (non-hydrogen) atoms. The Kier molecular flexibility index (Phi) is 4.67. The van der Waals surface area contributed by atoms with Crippen molar-refractivity contribution in [1.29, 1.82) is 0 Å². The molecule has 74 valence electrons. The molecule has 2 amide bonds. The molecule has 0 radical (unpaired) electrons. The molecule has 4 nitrogen and oxygen atoms in total. The van der Waals surface area contributed by atoms with Gasteiger partial charge in [0.15, 0.2) is 0 Å². The Hall–Kier alpha value is -0.710. The van der Waals surface area contributed by atoms with Crippen LogP contribution in [0.3, 0.4) is 0 Å². The third kappa shape index (κ3) is 4.77. The van der Waals surface area contributed by atoms with Crippen LogP contribution in [0.1, 0.15) is 25.7 Å². The quantitative estimate of drug-likeness (QED) is 0.628. The fraction of sp³-hybridized carbons (Fsp3) is 0.750. The van der Waals surface area contributed by atoms with E-state index in [9.17, 15) is 4.79 Å². The molecule has 5 heteroatoms. The monoisotopic (exact) mass is 201 g/mol. The standard InChI is InChI=1S/C8H15N3OS/c9-8(12)11-10-7-4-2-1-3-5-13-6-7/h1-6H2,(H3,9,11,12)/b10-7+. The van der Waals surface area contributed by atoms with E-state index in [1.54, 1.807) is 0 Å². The first-order valence-corrected chi connectivity index (χ1v) is 5.63. The van der Waals surface area contributed by atoms with Crippen LogP contribution in [0.2, 0.25) is 0 Å². The molecule has 1 rings (SSSR count). The van der Waals surface area contributed by atoms with Crippen LogP contribution in [0.4, 0.5) is 4.79 Å². The van der Waals surface area contributed by atoms with Gasteiger partial charge in [-0.2, -0.15) is 16.9 Å². The second-order valence-corrected chi connectivity index (χ2v) is 4.12. The summed E-state index contributed by atoms with van der Waals surface area (Å²) in [7, 11) is 0. The Morgan fingerprint density at radius 3 is 3.08 bits per heavy atom.